The molecule has 1 heterocycles. The molecule has 0 unspecified atom stereocenters. The van der Waals surface area contributed by atoms with E-state index in [9.17, 15) is 18.0 Å². The third-order valence-electron chi connectivity index (χ3n) is 5.06. The van der Waals surface area contributed by atoms with E-state index in [-0.39, 0.29) is 16.4 Å². The molecule has 1 aliphatic heterocycles. The van der Waals surface area contributed by atoms with Gasteiger partial charge in [-0.3, -0.25) is 9.59 Å². The van der Waals surface area contributed by atoms with Gasteiger partial charge in [0, 0.05) is 24.9 Å². The van der Waals surface area contributed by atoms with Crippen LogP contribution in [0, 0.1) is 0 Å². The van der Waals surface area contributed by atoms with Crippen molar-refractivity contribution < 1.29 is 22.7 Å². The van der Waals surface area contributed by atoms with Gasteiger partial charge in [-0.1, -0.05) is 0 Å². The van der Waals surface area contributed by atoms with E-state index in [1.807, 2.05) is 25.7 Å². The summed E-state index contributed by atoms with van der Waals surface area (Å²) in [5.74, 6) is -1.46. The van der Waals surface area contributed by atoms with E-state index in [1.165, 1.54) is 12.1 Å². The number of anilines is 1. The lowest BCUT2D eigenvalue weighted by Crippen LogP contribution is -2.59. The topological polar surface area (TPSA) is 157 Å². The first-order valence-electron chi connectivity index (χ1n) is 9.84. The second-order valence-corrected chi connectivity index (χ2v) is 10.6. The maximum atomic E-state index is 12.8. The molecule has 0 spiro atoms. The number of carbonyl (C=O) groups is 2. The minimum absolute atomic E-state index is 0.00151. The smallest absolute Gasteiger partial charge is 0.326 e. The molecule has 1 amide bonds. The molecule has 1 aliphatic rings. The summed E-state index contributed by atoms with van der Waals surface area (Å²) in [6.45, 7) is 6.28. The minimum Gasteiger partial charge on any atom is -0.459 e. The highest BCUT2D eigenvalue weighted by Crippen LogP contribution is 2.33. The number of nitrogens with two attached hydrogens (primary N) is 2. The van der Waals surface area contributed by atoms with Gasteiger partial charge in [-0.2, -0.15) is 4.99 Å². The zero-order valence-corrected chi connectivity index (χ0v) is 19.4. The van der Waals surface area contributed by atoms with Crippen LogP contribution in [0.15, 0.2) is 28.1 Å². The number of sulfone groups is 1. The van der Waals surface area contributed by atoms with Crippen LogP contribution in [0.4, 0.5) is 5.69 Å². The number of piperidine rings is 1. The fraction of sp³-hybridized carbons (Fsp3) is 0.550. The fourth-order valence-corrected chi connectivity index (χ4v) is 4.37. The molecule has 1 fully saturated rings. The van der Waals surface area contributed by atoms with Crippen molar-refractivity contribution in [1.29, 1.82) is 0 Å². The van der Waals surface area contributed by atoms with Gasteiger partial charge in [0.25, 0.3) is 5.91 Å². The second kappa shape index (κ2) is 8.83. The van der Waals surface area contributed by atoms with Crippen LogP contribution in [0.25, 0.3) is 0 Å². The van der Waals surface area contributed by atoms with Crippen LogP contribution in [0.3, 0.4) is 0 Å². The number of ether oxygens (including phenoxy) is 1. The van der Waals surface area contributed by atoms with Crippen molar-refractivity contribution in [2.45, 2.75) is 49.6 Å². The predicted molar refractivity (Wildman–Crippen MR) is 119 cm³/mol. The zero-order valence-electron chi connectivity index (χ0n) is 18.6. The highest BCUT2D eigenvalue weighted by Gasteiger charge is 2.43. The van der Waals surface area contributed by atoms with Gasteiger partial charge in [-0.15, -0.1) is 0 Å². The van der Waals surface area contributed by atoms with Gasteiger partial charge in [0.05, 0.1) is 10.6 Å². The van der Waals surface area contributed by atoms with Gasteiger partial charge in [-0.05, 0) is 58.9 Å². The summed E-state index contributed by atoms with van der Waals surface area (Å²) in [6, 6.07) is 4.31. The van der Waals surface area contributed by atoms with E-state index in [0.717, 1.165) is 6.26 Å². The van der Waals surface area contributed by atoms with Crippen LogP contribution >= 0.6 is 0 Å². The van der Waals surface area contributed by atoms with Gasteiger partial charge in [-0.25, -0.2) is 8.42 Å². The van der Waals surface area contributed by atoms with Crippen molar-refractivity contribution in [3.05, 3.63) is 23.8 Å². The van der Waals surface area contributed by atoms with E-state index in [2.05, 4.69) is 10.3 Å². The molecule has 172 valence electrons. The Morgan fingerprint density at radius 3 is 2.23 bits per heavy atom. The summed E-state index contributed by atoms with van der Waals surface area (Å²) in [5, 5.41) is 3.10. The van der Waals surface area contributed by atoms with Crippen LogP contribution in [-0.4, -0.2) is 63.8 Å². The molecule has 10 nitrogen and oxygen atoms in total. The molecule has 1 saturated heterocycles. The Labute approximate surface area is 182 Å². The Morgan fingerprint density at radius 1 is 1.19 bits per heavy atom. The number of carbonyl (C=O) groups excluding carboxylic acids is 2. The number of guanidine groups is 1. The lowest BCUT2D eigenvalue weighted by molar-refractivity contribution is -0.164. The number of aliphatic imine (C=N–C) groups is 1. The standard InChI is InChI=1S/C20H31N5O5S/c1-19(2,3)30-17(27)20(23-4)8-10-25(11-9-20)14-7-6-13(16(26)24-18(21)22)12-15(14)31(5,28)29/h6-7,12,23H,8-11H2,1-5H3,(H4,21,22,24,26). The molecule has 0 aliphatic carbocycles. The van der Waals surface area contributed by atoms with Crippen molar-refractivity contribution in [2.24, 2.45) is 16.5 Å². The van der Waals surface area contributed by atoms with Crippen LogP contribution in [-0.2, 0) is 19.4 Å². The third kappa shape index (κ3) is 5.95. The van der Waals surface area contributed by atoms with E-state index in [0.29, 0.717) is 31.6 Å². The molecule has 0 aromatic heterocycles. The number of nitrogens with one attached hydrogen (secondary N) is 1. The number of amides is 1. The van der Waals surface area contributed by atoms with Crippen LogP contribution in [0.2, 0.25) is 0 Å². The molecule has 11 heteroatoms. The first kappa shape index (κ1) is 24.6. The average Bonchev–Trinajstić information content (AvgIpc) is 2.65. The monoisotopic (exact) mass is 453 g/mol. The van der Waals surface area contributed by atoms with Gasteiger partial charge < -0.3 is 26.4 Å². The molecular weight excluding hydrogens is 422 g/mol. The molecular formula is C20H31N5O5S. The molecule has 31 heavy (non-hydrogen) atoms. The number of esters is 1. The number of hydrogen-bond donors (Lipinski definition) is 3. The van der Waals surface area contributed by atoms with E-state index >= 15 is 0 Å². The third-order valence-corrected chi connectivity index (χ3v) is 6.19. The summed E-state index contributed by atoms with van der Waals surface area (Å²) in [6.07, 6.45) is 1.93. The summed E-state index contributed by atoms with van der Waals surface area (Å²) < 4.78 is 30.4. The molecule has 0 bridgehead atoms. The maximum absolute atomic E-state index is 12.8. The predicted octanol–water partition coefficient (Wildman–Crippen LogP) is 0.404. The maximum Gasteiger partial charge on any atom is 0.326 e. The first-order valence-corrected chi connectivity index (χ1v) is 11.7. The number of hydrogen-bond acceptors (Lipinski definition) is 7. The number of nitrogens with zero attached hydrogens (tertiary/aromatic N) is 2. The van der Waals surface area contributed by atoms with Gasteiger partial charge in [0.2, 0.25) is 0 Å². The van der Waals surface area contributed by atoms with Crippen LogP contribution < -0.4 is 21.7 Å². The van der Waals surface area contributed by atoms with Crippen molar-refractivity contribution >= 4 is 33.4 Å². The van der Waals surface area contributed by atoms with E-state index in [4.69, 9.17) is 16.2 Å². The summed E-state index contributed by atoms with van der Waals surface area (Å²) in [7, 11) is -1.94. The molecule has 0 atom stereocenters. The number of rotatable bonds is 5. The van der Waals surface area contributed by atoms with Crippen LogP contribution in [0.1, 0.15) is 44.0 Å². The Kier molecular flexibility index (Phi) is 7.01. The molecule has 0 radical (unpaired) electrons. The lowest BCUT2D eigenvalue weighted by atomic mass is 9.87. The SMILES string of the molecule is CNC1(C(=O)OC(C)(C)C)CCN(c2ccc(C(=O)N=C(N)N)cc2S(C)(=O)=O)CC1. The Balaban J connectivity index is 2.33. The zero-order chi connectivity index (χ0) is 23.6. The van der Waals surface area contributed by atoms with Crippen molar-refractivity contribution in [2.75, 3.05) is 31.3 Å². The van der Waals surface area contributed by atoms with Crippen molar-refractivity contribution in [3.63, 3.8) is 0 Å². The minimum atomic E-state index is -3.65. The quantitative estimate of drug-likeness (QED) is 0.326. The molecule has 5 N–H and O–H groups in total. The Bertz CT molecular complexity index is 986. The van der Waals surface area contributed by atoms with Crippen LogP contribution in [0.5, 0.6) is 0 Å². The fourth-order valence-electron chi connectivity index (χ4n) is 3.45. The first-order chi connectivity index (χ1) is 14.2. The van der Waals surface area contributed by atoms with E-state index in [1.54, 1.807) is 13.1 Å². The summed E-state index contributed by atoms with van der Waals surface area (Å²) >= 11 is 0. The highest BCUT2D eigenvalue weighted by molar-refractivity contribution is 7.90. The number of benzene rings is 1. The molecule has 2 rings (SSSR count). The Morgan fingerprint density at radius 2 is 1.77 bits per heavy atom. The van der Waals surface area contributed by atoms with Gasteiger partial charge in [0.15, 0.2) is 15.8 Å². The normalized spacial score (nSPS) is 16.5. The lowest BCUT2D eigenvalue weighted by Gasteiger charge is -2.42. The highest BCUT2D eigenvalue weighted by atomic mass is 32.2. The van der Waals surface area contributed by atoms with Gasteiger partial charge >= 0.3 is 5.97 Å². The number of likely N-dealkylation sites (N-methyl/N-ethyl adjacent to an activating group) is 1. The van der Waals surface area contributed by atoms with Crippen molar-refractivity contribution in [3.8, 4) is 0 Å². The van der Waals surface area contributed by atoms with Gasteiger partial charge in [0.1, 0.15) is 11.1 Å². The Hall–Kier alpha value is -2.66. The van der Waals surface area contributed by atoms with Crippen molar-refractivity contribution in [1.82, 2.24) is 5.32 Å². The molecule has 1 aromatic rings. The van der Waals surface area contributed by atoms with E-state index < -0.39 is 32.8 Å². The summed E-state index contributed by atoms with van der Waals surface area (Å²) in [4.78, 5) is 30.2. The second-order valence-electron chi connectivity index (χ2n) is 8.62. The molecule has 0 saturated carbocycles. The largest absolute Gasteiger partial charge is 0.459 e. The average molecular weight is 454 g/mol. The summed E-state index contributed by atoms with van der Waals surface area (Å²) in [5.41, 5.74) is 9.54. The molecule has 1 aromatic carbocycles.